The second kappa shape index (κ2) is 6.70. The molecule has 2 aromatic heterocycles. The molecule has 8 heteroatoms. The van der Waals surface area contributed by atoms with Gasteiger partial charge in [-0.25, -0.2) is 0 Å². The van der Waals surface area contributed by atoms with Crippen LogP contribution in [-0.4, -0.2) is 39.1 Å². The van der Waals surface area contributed by atoms with E-state index in [2.05, 4.69) is 10.3 Å². The number of amides is 1. The van der Waals surface area contributed by atoms with Crippen LogP contribution in [0.3, 0.4) is 0 Å². The molecular formula is C20H20N4O4. The third-order valence-corrected chi connectivity index (χ3v) is 5.29. The van der Waals surface area contributed by atoms with E-state index in [1.165, 1.54) is 0 Å². The Labute approximate surface area is 161 Å². The van der Waals surface area contributed by atoms with Gasteiger partial charge < -0.3 is 18.9 Å². The number of aryl methyl sites for hydroxylation is 1. The molecule has 0 spiro atoms. The minimum Gasteiger partial charge on any atom is -0.454 e. The second-order valence-corrected chi connectivity index (χ2v) is 6.87. The molecule has 0 saturated carbocycles. The normalized spacial score (nSPS) is 18.0. The molecule has 0 unspecified atom stereocenters. The fourth-order valence-electron chi connectivity index (χ4n) is 3.92. The van der Waals surface area contributed by atoms with E-state index in [-0.39, 0.29) is 18.7 Å². The zero-order valence-electron chi connectivity index (χ0n) is 15.5. The summed E-state index contributed by atoms with van der Waals surface area (Å²) in [6.07, 6.45) is 3.66. The van der Waals surface area contributed by atoms with Crippen LogP contribution in [-0.2, 0) is 6.54 Å². The Morgan fingerprint density at radius 3 is 3.00 bits per heavy atom. The predicted molar refractivity (Wildman–Crippen MR) is 99.0 cm³/mol. The highest BCUT2D eigenvalue weighted by Crippen LogP contribution is 2.37. The number of carbonyl (C=O) groups excluding carboxylic acids is 1. The second-order valence-electron chi connectivity index (χ2n) is 6.87. The summed E-state index contributed by atoms with van der Waals surface area (Å²) < 4.78 is 18.1. The minimum atomic E-state index is -0.123. The first-order valence-corrected chi connectivity index (χ1v) is 9.44. The molecule has 1 saturated heterocycles. The average molecular weight is 380 g/mol. The Hall–Kier alpha value is -3.29. The van der Waals surface area contributed by atoms with Crippen LogP contribution in [0.5, 0.6) is 11.5 Å². The van der Waals surface area contributed by atoms with Crippen LogP contribution < -0.4 is 9.47 Å². The zero-order chi connectivity index (χ0) is 19.1. The Bertz CT molecular complexity index is 1020. The molecule has 2 aliphatic rings. The summed E-state index contributed by atoms with van der Waals surface area (Å²) in [5.74, 6) is 1.76. The molecule has 5 rings (SSSR count). The third-order valence-electron chi connectivity index (χ3n) is 5.29. The first-order chi connectivity index (χ1) is 13.7. The Balaban J connectivity index is 1.40. The van der Waals surface area contributed by atoms with Gasteiger partial charge in [-0.1, -0.05) is 5.16 Å². The molecule has 0 bridgehead atoms. The Morgan fingerprint density at radius 2 is 2.11 bits per heavy atom. The van der Waals surface area contributed by atoms with Crippen molar-refractivity contribution in [3.8, 4) is 22.8 Å². The lowest BCUT2D eigenvalue weighted by Gasteiger charge is -2.24. The summed E-state index contributed by atoms with van der Waals surface area (Å²) in [5.41, 5.74) is 2.16. The van der Waals surface area contributed by atoms with Gasteiger partial charge in [0.1, 0.15) is 0 Å². The monoisotopic (exact) mass is 380 g/mol. The summed E-state index contributed by atoms with van der Waals surface area (Å²) in [5, 5.41) is 8.37. The number of rotatable bonds is 4. The molecule has 1 atom stereocenters. The van der Waals surface area contributed by atoms with Gasteiger partial charge in [-0.2, -0.15) is 5.10 Å². The summed E-state index contributed by atoms with van der Waals surface area (Å²) in [4.78, 5) is 15.0. The average Bonchev–Trinajstić information content (AvgIpc) is 3.52. The van der Waals surface area contributed by atoms with Crippen molar-refractivity contribution in [1.82, 2.24) is 19.8 Å². The van der Waals surface area contributed by atoms with Gasteiger partial charge in [-0.3, -0.25) is 9.48 Å². The van der Waals surface area contributed by atoms with Gasteiger partial charge in [0, 0.05) is 30.9 Å². The van der Waals surface area contributed by atoms with Crippen molar-refractivity contribution in [3.05, 3.63) is 47.9 Å². The molecule has 1 amide bonds. The van der Waals surface area contributed by atoms with Crippen LogP contribution in [0, 0.1) is 0 Å². The highest BCUT2D eigenvalue weighted by molar-refractivity contribution is 5.93. The van der Waals surface area contributed by atoms with Gasteiger partial charge >= 0.3 is 0 Å². The number of hydrogen-bond acceptors (Lipinski definition) is 6. The highest BCUT2D eigenvalue weighted by Gasteiger charge is 2.34. The van der Waals surface area contributed by atoms with E-state index in [1.807, 2.05) is 40.8 Å². The predicted octanol–water partition coefficient (Wildman–Crippen LogP) is 3.26. The van der Waals surface area contributed by atoms with E-state index < -0.39 is 0 Å². The standard InChI is InChI=1S/C20H20N4O4/c1-2-24-16(7-8-21-24)15-4-3-9-23(15)20(25)14-11-18(28-22-14)13-5-6-17-19(10-13)27-12-26-17/h5-8,10-11,15H,2-4,9,12H2,1H3/t15-/m1/s1. The molecule has 8 nitrogen and oxygen atoms in total. The maximum absolute atomic E-state index is 13.1. The van der Waals surface area contributed by atoms with Crippen molar-refractivity contribution >= 4 is 5.91 Å². The largest absolute Gasteiger partial charge is 0.454 e. The maximum Gasteiger partial charge on any atom is 0.276 e. The SMILES string of the molecule is CCn1nccc1[C@H]1CCCN1C(=O)c1cc(-c2ccc3c(c2)OCO3)on1. The van der Waals surface area contributed by atoms with E-state index >= 15 is 0 Å². The smallest absolute Gasteiger partial charge is 0.276 e. The number of nitrogens with zero attached hydrogens (tertiary/aromatic N) is 4. The van der Waals surface area contributed by atoms with Crippen LogP contribution in [0.15, 0.2) is 41.1 Å². The summed E-state index contributed by atoms with van der Waals surface area (Å²) >= 11 is 0. The molecule has 4 heterocycles. The fourth-order valence-corrected chi connectivity index (χ4v) is 3.92. The third kappa shape index (κ3) is 2.72. The topological polar surface area (TPSA) is 82.6 Å². The molecule has 28 heavy (non-hydrogen) atoms. The van der Waals surface area contributed by atoms with Gasteiger partial charge in [0.25, 0.3) is 5.91 Å². The lowest BCUT2D eigenvalue weighted by Crippen LogP contribution is -2.32. The Morgan fingerprint density at radius 1 is 1.21 bits per heavy atom. The van der Waals surface area contributed by atoms with E-state index in [0.29, 0.717) is 29.5 Å². The molecule has 0 radical (unpaired) electrons. The Kier molecular flexibility index (Phi) is 4.03. The van der Waals surface area contributed by atoms with Crippen LogP contribution in [0.2, 0.25) is 0 Å². The van der Waals surface area contributed by atoms with Gasteiger partial charge in [0.2, 0.25) is 6.79 Å². The fraction of sp³-hybridized carbons (Fsp3) is 0.350. The van der Waals surface area contributed by atoms with Gasteiger partial charge in [-0.15, -0.1) is 0 Å². The molecule has 2 aliphatic heterocycles. The zero-order valence-corrected chi connectivity index (χ0v) is 15.5. The number of likely N-dealkylation sites (tertiary alicyclic amines) is 1. The van der Waals surface area contributed by atoms with Crippen molar-refractivity contribution in [2.45, 2.75) is 32.4 Å². The maximum atomic E-state index is 13.1. The number of ether oxygens (including phenoxy) is 2. The van der Waals surface area contributed by atoms with E-state index in [0.717, 1.165) is 30.6 Å². The van der Waals surface area contributed by atoms with Crippen LogP contribution in [0.25, 0.3) is 11.3 Å². The number of fused-ring (bicyclic) bond motifs is 1. The molecular weight excluding hydrogens is 360 g/mol. The molecule has 0 aliphatic carbocycles. The minimum absolute atomic E-state index is 0.0145. The van der Waals surface area contributed by atoms with Crippen LogP contribution in [0.1, 0.15) is 42.0 Å². The molecule has 3 aromatic rings. The number of carbonyl (C=O) groups is 1. The van der Waals surface area contributed by atoms with Crippen molar-refractivity contribution < 1.29 is 18.8 Å². The molecule has 0 N–H and O–H groups in total. The van der Waals surface area contributed by atoms with E-state index in [9.17, 15) is 4.79 Å². The van der Waals surface area contributed by atoms with Crippen LogP contribution >= 0.6 is 0 Å². The van der Waals surface area contributed by atoms with Crippen molar-refractivity contribution in [3.63, 3.8) is 0 Å². The van der Waals surface area contributed by atoms with E-state index in [1.54, 1.807) is 12.3 Å². The highest BCUT2D eigenvalue weighted by atomic mass is 16.7. The van der Waals surface area contributed by atoms with Gasteiger partial charge in [0.05, 0.1) is 11.7 Å². The first-order valence-electron chi connectivity index (χ1n) is 9.44. The molecule has 144 valence electrons. The lowest BCUT2D eigenvalue weighted by atomic mass is 10.1. The molecule has 1 aromatic carbocycles. The van der Waals surface area contributed by atoms with Gasteiger partial charge in [0.15, 0.2) is 23.0 Å². The van der Waals surface area contributed by atoms with Crippen molar-refractivity contribution in [1.29, 1.82) is 0 Å². The number of hydrogen-bond donors (Lipinski definition) is 0. The number of benzene rings is 1. The van der Waals surface area contributed by atoms with E-state index in [4.69, 9.17) is 14.0 Å². The van der Waals surface area contributed by atoms with Crippen LogP contribution in [0.4, 0.5) is 0 Å². The number of aromatic nitrogens is 3. The van der Waals surface area contributed by atoms with Crippen molar-refractivity contribution in [2.24, 2.45) is 0 Å². The van der Waals surface area contributed by atoms with Crippen molar-refractivity contribution in [2.75, 3.05) is 13.3 Å². The molecule has 1 fully saturated rings. The quantitative estimate of drug-likeness (QED) is 0.691. The van der Waals surface area contributed by atoms with Gasteiger partial charge in [-0.05, 0) is 44.0 Å². The lowest BCUT2D eigenvalue weighted by molar-refractivity contribution is 0.0719. The summed E-state index contributed by atoms with van der Waals surface area (Å²) in [6, 6.07) is 9.20. The summed E-state index contributed by atoms with van der Waals surface area (Å²) in [7, 11) is 0. The first kappa shape index (κ1) is 16.9. The summed E-state index contributed by atoms with van der Waals surface area (Å²) in [6.45, 7) is 3.74.